The summed E-state index contributed by atoms with van der Waals surface area (Å²) in [6.45, 7) is 7.32. The zero-order chi connectivity index (χ0) is 15.5. The Labute approximate surface area is 133 Å². The summed E-state index contributed by atoms with van der Waals surface area (Å²) < 4.78 is 0. The third-order valence-electron chi connectivity index (χ3n) is 4.37. The quantitative estimate of drug-likeness (QED) is 0.750. The molecule has 0 saturated heterocycles. The third kappa shape index (κ3) is 4.23. The number of rotatable bonds is 4. The molecule has 0 spiro atoms. The van der Waals surface area contributed by atoms with Gasteiger partial charge in [-0.1, -0.05) is 57.9 Å². The molecular formula is C18H26ClNO. The summed E-state index contributed by atoms with van der Waals surface area (Å²) in [5.41, 5.74) is 2.67. The minimum absolute atomic E-state index is 0.0588. The first-order chi connectivity index (χ1) is 9.91. The van der Waals surface area contributed by atoms with Crippen LogP contribution in [-0.4, -0.2) is 22.7 Å². The van der Waals surface area contributed by atoms with Crippen molar-refractivity contribution in [2.75, 3.05) is 5.88 Å². The Balaban J connectivity index is 2.11. The Bertz CT molecular complexity index is 469. The van der Waals surface area contributed by atoms with E-state index in [1.165, 1.54) is 24.0 Å². The summed E-state index contributed by atoms with van der Waals surface area (Å²) in [4.78, 5) is 14.1. The first-order valence-corrected chi connectivity index (χ1v) is 8.40. The molecule has 0 unspecified atom stereocenters. The van der Waals surface area contributed by atoms with Gasteiger partial charge < -0.3 is 4.90 Å². The third-order valence-corrected chi connectivity index (χ3v) is 4.60. The molecule has 3 heteroatoms. The van der Waals surface area contributed by atoms with Crippen molar-refractivity contribution < 1.29 is 4.79 Å². The molecular weight excluding hydrogens is 282 g/mol. The smallest absolute Gasteiger partial charge is 0.238 e. The lowest BCUT2D eigenvalue weighted by Crippen LogP contribution is -2.39. The van der Waals surface area contributed by atoms with Gasteiger partial charge in [-0.15, -0.1) is 11.6 Å². The normalized spacial score (nSPS) is 16.2. The van der Waals surface area contributed by atoms with Gasteiger partial charge in [0, 0.05) is 12.6 Å². The maximum absolute atomic E-state index is 12.1. The van der Waals surface area contributed by atoms with E-state index in [1.807, 2.05) is 4.90 Å². The summed E-state index contributed by atoms with van der Waals surface area (Å²) >= 11 is 5.79. The molecule has 1 aromatic rings. The maximum atomic E-state index is 12.1. The van der Waals surface area contributed by atoms with Crippen molar-refractivity contribution in [3.05, 3.63) is 35.4 Å². The molecule has 0 heterocycles. The van der Waals surface area contributed by atoms with Gasteiger partial charge >= 0.3 is 0 Å². The maximum Gasteiger partial charge on any atom is 0.238 e. The highest BCUT2D eigenvalue weighted by atomic mass is 35.5. The number of benzene rings is 1. The molecule has 21 heavy (non-hydrogen) atoms. The molecule has 0 bridgehead atoms. The minimum atomic E-state index is 0.0588. The van der Waals surface area contributed by atoms with Crippen molar-refractivity contribution in [2.45, 2.75) is 64.5 Å². The number of carbonyl (C=O) groups excluding carboxylic acids is 1. The summed E-state index contributed by atoms with van der Waals surface area (Å²) in [7, 11) is 0. The van der Waals surface area contributed by atoms with E-state index in [4.69, 9.17) is 11.6 Å². The van der Waals surface area contributed by atoms with Crippen molar-refractivity contribution in [2.24, 2.45) is 0 Å². The molecule has 1 saturated carbocycles. The van der Waals surface area contributed by atoms with Gasteiger partial charge in [-0.05, 0) is 29.4 Å². The number of alkyl halides is 1. The lowest BCUT2D eigenvalue weighted by Gasteiger charge is -2.29. The number of hydrogen-bond acceptors (Lipinski definition) is 1. The Kier molecular flexibility index (Phi) is 5.32. The van der Waals surface area contributed by atoms with Gasteiger partial charge in [0.1, 0.15) is 5.88 Å². The molecule has 1 aliphatic carbocycles. The molecule has 0 radical (unpaired) electrons. The predicted octanol–water partition coefficient (Wildman–Crippen LogP) is 4.49. The first kappa shape index (κ1) is 16.4. The van der Waals surface area contributed by atoms with Gasteiger partial charge in [0.05, 0.1) is 0 Å². The predicted molar refractivity (Wildman–Crippen MR) is 88.7 cm³/mol. The summed E-state index contributed by atoms with van der Waals surface area (Å²) in [6, 6.07) is 9.01. The number of hydrogen-bond donors (Lipinski definition) is 0. The van der Waals surface area contributed by atoms with Crippen molar-refractivity contribution in [3.63, 3.8) is 0 Å². The molecule has 2 rings (SSSR count). The molecule has 1 aliphatic rings. The number of halogens is 1. The van der Waals surface area contributed by atoms with Crippen LogP contribution in [0.1, 0.15) is 57.6 Å². The molecule has 2 nitrogen and oxygen atoms in total. The van der Waals surface area contributed by atoms with Crippen LogP contribution in [0.2, 0.25) is 0 Å². The summed E-state index contributed by atoms with van der Waals surface area (Å²) in [5.74, 6) is 0.139. The van der Waals surface area contributed by atoms with Gasteiger partial charge in [0.25, 0.3) is 0 Å². The Morgan fingerprint density at radius 2 is 1.76 bits per heavy atom. The second kappa shape index (κ2) is 6.83. The lowest BCUT2D eigenvalue weighted by molar-refractivity contribution is -0.131. The Hall–Kier alpha value is -1.02. The molecule has 1 aromatic carbocycles. The van der Waals surface area contributed by atoms with E-state index in [0.29, 0.717) is 12.6 Å². The van der Waals surface area contributed by atoms with Crippen LogP contribution in [0.4, 0.5) is 0 Å². The van der Waals surface area contributed by atoms with Crippen LogP contribution in [-0.2, 0) is 16.8 Å². The molecule has 1 fully saturated rings. The molecule has 0 atom stereocenters. The average Bonchev–Trinajstić information content (AvgIpc) is 2.97. The van der Waals surface area contributed by atoms with E-state index in [-0.39, 0.29) is 17.2 Å². The highest BCUT2D eigenvalue weighted by Gasteiger charge is 2.26. The van der Waals surface area contributed by atoms with E-state index < -0.39 is 0 Å². The SMILES string of the molecule is CC(C)(C)c1ccc(CN(C(=O)CCl)C2CCCC2)cc1. The van der Waals surface area contributed by atoms with Crippen LogP contribution in [0.15, 0.2) is 24.3 Å². The van der Waals surface area contributed by atoms with Gasteiger partial charge in [-0.2, -0.15) is 0 Å². The fraction of sp³-hybridized carbons (Fsp3) is 0.611. The molecule has 0 aromatic heterocycles. The topological polar surface area (TPSA) is 20.3 Å². The fourth-order valence-electron chi connectivity index (χ4n) is 3.02. The highest BCUT2D eigenvalue weighted by molar-refractivity contribution is 6.27. The van der Waals surface area contributed by atoms with Crippen LogP contribution in [0.3, 0.4) is 0 Å². The van der Waals surface area contributed by atoms with E-state index in [2.05, 4.69) is 45.0 Å². The summed E-state index contributed by atoms with van der Waals surface area (Å²) in [6.07, 6.45) is 4.67. The van der Waals surface area contributed by atoms with Crippen molar-refractivity contribution in [1.82, 2.24) is 4.90 Å². The molecule has 1 amide bonds. The standard InChI is InChI=1S/C18H26ClNO/c1-18(2,3)15-10-8-14(9-11-15)13-20(17(21)12-19)16-6-4-5-7-16/h8-11,16H,4-7,12-13H2,1-3H3. The second-order valence-electron chi connectivity index (χ2n) is 7.04. The summed E-state index contributed by atoms with van der Waals surface area (Å²) in [5, 5.41) is 0. The second-order valence-corrected chi connectivity index (χ2v) is 7.31. The average molecular weight is 308 g/mol. The first-order valence-electron chi connectivity index (χ1n) is 7.86. The number of amides is 1. The van der Waals surface area contributed by atoms with Crippen molar-refractivity contribution in [1.29, 1.82) is 0 Å². The Morgan fingerprint density at radius 3 is 2.24 bits per heavy atom. The lowest BCUT2D eigenvalue weighted by atomic mass is 9.86. The largest absolute Gasteiger partial charge is 0.334 e. The molecule has 0 N–H and O–H groups in total. The molecule has 0 aliphatic heterocycles. The zero-order valence-electron chi connectivity index (χ0n) is 13.4. The van der Waals surface area contributed by atoms with Gasteiger partial charge in [0.2, 0.25) is 5.91 Å². The van der Waals surface area contributed by atoms with Crippen LogP contribution < -0.4 is 0 Å². The van der Waals surface area contributed by atoms with E-state index in [1.54, 1.807) is 0 Å². The van der Waals surface area contributed by atoms with Crippen molar-refractivity contribution >= 4 is 17.5 Å². The van der Waals surface area contributed by atoms with Crippen LogP contribution in [0, 0.1) is 0 Å². The van der Waals surface area contributed by atoms with Crippen LogP contribution in [0.25, 0.3) is 0 Å². The molecule has 116 valence electrons. The van der Waals surface area contributed by atoms with Crippen molar-refractivity contribution in [3.8, 4) is 0 Å². The van der Waals surface area contributed by atoms with E-state index >= 15 is 0 Å². The monoisotopic (exact) mass is 307 g/mol. The van der Waals surface area contributed by atoms with Gasteiger partial charge in [0.15, 0.2) is 0 Å². The number of carbonyl (C=O) groups is 1. The van der Waals surface area contributed by atoms with Gasteiger partial charge in [-0.3, -0.25) is 4.79 Å². The van der Waals surface area contributed by atoms with E-state index in [0.717, 1.165) is 12.8 Å². The van der Waals surface area contributed by atoms with Crippen LogP contribution in [0.5, 0.6) is 0 Å². The minimum Gasteiger partial charge on any atom is -0.334 e. The Morgan fingerprint density at radius 1 is 1.19 bits per heavy atom. The fourth-order valence-corrected chi connectivity index (χ4v) is 3.17. The van der Waals surface area contributed by atoms with Gasteiger partial charge in [-0.25, -0.2) is 0 Å². The van der Waals surface area contributed by atoms with Crippen LogP contribution >= 0.6 is 11.6 Å². The highest BCUT2D eigenvalue weighted by Crippen LogP contribution is 2.26. The number of nitrogens with zero attached hydrogens (tertiary/aromatic N) is 1. The van der Waals surface area contributed by atoms with E-state index in [9.17, 15) is 4.79 Å². The zero-order valence-corrected chi connectivity index (χ0v) is 14.1.